The van der Waals surface area contributed by atoms with E-state index in [2.05, 4.69) is 40.3 Å². The Kier molecular flexibility index (Phi) is 3.42. The van der Waals surface area contributed by atoms with E-state index in [0.29, 0.717) is 0 Å². The van der Waals surface area contributed by atoms with Crippen molar-refractivity contribution in [3.63, 3.8) is 0 Å². The number of nitrogens with zero attached hydrogens (tertiary/aromatic N) is 3. The molecule has 0 unspecified atom stereocenters. The number of pyridine rings is 1. The first-order valence-corrected chi connectivity index (χ1v) is 8.55. The topological polar surface area (TPSA) is 38.7 Å². The summed E-state index contributed by atoms with van der Waals surface area (Å²) >= 11 is 0. The molecule has 2 heterocycles. The standard InChI is InChI=1S/C23H15N3/c1-2-6-16(7-3-1)23-25-15-19-10-9-17-14-18(21-8-4-5-13-24-21)11-12-20(17)22(19)26-23/h1-15H. The van der Waals surface area contributed by atoms with Gasteiger partial charge in [-0.3, -0.25) is 4.98 Å². The summed E-state index contributed by atoms with van der Waals surface area (Å²) in [6, 6.07) is 26.6. The lowest BCUT2D eigenvalue weighted by Crippen LogP contribution is -1.91. The van der Waals surface area contributed by atoms with Gasteiger partial charge in [-0.1, -0.05) is 60.7 Å². The first-order chi connectivity index (χ1) is 12.9. The third-order valence-electron chi connectivity index (χ3n) is 4.56. The molecule has 5 aromatic rings. The van der Waals surface area contributed by atoms with Gasteiger partial charge in [0, 0.05) is 34.3 Å². The van der Waals surface area contributed by atoms with Gasteiger partial charge in [0.15, 0.2) is 5.82 Å². The Morgan fingerprint density at radius 3 is 2.31 bits per heavy atom. The van der Waals surface area contributed by atoms with Crippen molar-refractivity contribution in [2.24, 2.45) is 0 Å². The van der Waals surface area contributed by atoms with E-state index in [1.807, 2.05) is 60.9 Å². The Balaban J connectivity index is 1.71. The van der Waals surface area contributed by atoms with E-state index >= 15 is 0 Å². The summed E-state index contributed by atoms with van der Waals surface area (Å²) < 4.78 is 0. The normalized spacial score (nSPS) is 11.1. The van der Waals surface area contributed by atoms with Crippen molar-refractivity contribution in [3.05, 3.63) is 91.3 Å². The van der Waals surface area contributed by atoms with Crippen LogP contribution in [0.4, 0.5) is 0 Å². The van der Waals surface area contributed by atoms with Crippen LogP contribution in [0.5, 0.6) is 0 Å². The van der Waals surface area contributed by atoms with Gasteiger partial charge in [-0.15, -0.1) is 0 Å². The zero-order valence-electron chi connectivity index (χ0n) is 14.0. The fourth-order valence-corrected chi connectivity index (χ4v) is 3.24. The second-order valence-electron chi connectivity index (χ2n) is 6.21. The molecule has 3 aromatic carbocycles. The number of aromatic nitrogens is 3. The molecule has 0 radical (unpaired) electrons. The lowest BCUT2D eigenvalue weighted by atomic mass is 10.0. The van der Waals surface area contributed by atoms with Crippen LogP contribution in [0.3, 0.4) is 0 Å². The molecule has 0 bridgehead atoms. The van der Waals surface area contributed by atoms with Gasteiger partial charge in [-0.2, -0.15) is 0 Å². The molecule has 0 amide bonds. The number of rotatable bonds is 2. The summed E-state index contributed by atoms with van der Waals surface area (Å²) in [5.41, 5.74) is 4.08. The minimum atomic E-state index is 0.749. The summed E-state index contributed by atoms with van der Waals surface area (Å²) in [5.74, 6) is 0.749. The smallest absolute Gasteiger partial charge is 0.159 e. The molecule has 0 aliphatic rings. The minimum Gasteiger partial charge on any atom is -0.256 e. The predicted octanol–water partition coefficient (Wildman–Crippen LogP) is 5.51. The molecule has 5 rings (SSSR count). The summed E-state index contributed by atoms with van der Waals surface area (Å²) in [6.45, 7) is 0. The van der Waals surface area contributed by atoms with Gasteiger partial charge in [-0.05, 0) is 23.6 Å². The molecular formula is C23H15N3. The summed E-state index contributed by atoms with van der Waals surface area (Å²) in [7, 11) is 0. The van der Waals surface area contributed by atoms with Crippen LogP contribution in [0.1, 0.15) is 0 Å². The van der Waals surface area contributed by atoms with Gasteiger partial charge in [0.2, 0.25) is 0 Å². The van der Waals surface area contributed by atoms with Crippen molar-refractivity contribution >= 4 is 21.7 Å². The second kappa shape index (κ2) is 6.05. The third kappa shape index (κ3) is 2.50. The van der Waals surface area contributed by atoms with Crippen LogP contribution in [0.2, 0.25) is 0 Å². The summed E-state index contributed by atoms with van der Waals surface area (Å²) in [5, 5.41) is 3.32. The van der Waals surface area contributed by atoms with Gasteiger partial charge in [0.1, 0.15) is 0 Å². The molecule has 0 fully saturated rings. The van der Waals surface area contributed by atoms with Crippen molar-refractivity contribution < 1.29 is 0 Å². The quantitative estimate of drug-likeness (QED) is 0.400. The number of benzene rings is 3. The fourth-order valence-electron chi connectivity index (χ4n) is 3.24. The zero-order valence-corrected chi connectivity index (χ0v) is 14.0. The molecule has 0 saturated heterocycles. The Hall–Kier alpha value is -3.59. The van der Waals surface area contributed by atoms with E-state index < -0.39 is 0 Å². The number of hydrogen-bond acceptors (Lipinski definition) is 3. The largest absolute Gasteiger partial charge is 0.256 e. The highest BCUT2D eigenvalue weighted by molar-refractivity contribution is 6.06. The molecule has 0 N–H and O–H groups in total. The van der Waals surface area contributed by atoms with Crippen molar-refractivity contribution in [2.45, 2.75) is 0 Å². The average molecular weight is 333 g/mol. The van der Waals surface area contributed by atoms with Crippen LogP contribution in [0.25, 0.3) is 44.3 Å². The van der Waals surface area contributed by atoms with Gasteiger partial charge in [-0.25, -0.2) is 9.97 Å². The van der Waals surface area contributed by atoms with Crippen LogP contribution < -0.4 is 0 Å². The molecule has 0 aliphatic heterocycles. The lowest BCUT2D eigenvalue weighted by Gasteiger charge is -2.07. The van der Waals surface area contributed by atoms with E-state index in [9.17, 15) is 0 Å². The SMILES string of the molecule is c1ccc(-c2ncc3ccc4cc(-c5ccccn5)ccc4c3n2)cc1. The van der Waals surface area contributed by atoms with E-state index in [-0.39, 0.29) is 0 Å². The van der Waals surface area contributed by atoms with Gasteiger partial charge < -0.3 is 0 Å². The van der Waals surface area contributed by atoms with E-state index in [4.69, 9.17) is 4.98 Å². The monoisotopic (exact) mass is 333 g/mol. The zero-order chi connectivity index (χ0) is 17.3. The van der Waals surface area contributed by atoms with Crippen molar-refractivity contribution in [1.29, 1.82) is 0 Å². The summed E-state index contributed by atoms with van der Waals surface area (Å²) in [4.78, 5) is 13.8. The maximum atomic E-state index is 4.85. The molecule has 2 aromatic heterocycles. The molecule has 0 aliphatic carbocycles. The molecule has 0 atom stereocenters. The first kappa shape index (κ1) is 14.7. The predicted molar refractivity (Wildman–Crippen MR) is 106 cm³/mol. The van der Waals surface area contributed by atoms with Crippen LogP contribution in [-0.4, -0.2) is 15.0 Å². The van der Waals surface area contributed by atoms with Crippen LogP contribution in [-0.2, 0) is 0 Å². The Morgan fingerprint density at radius 1 is 0.615 bits per heavy atom. The van der Waals surface area contributed by atoms with Gasteiger partial charge in [0.25, 0.3) is 0 Å². The molecule has 0 saturated carbocycles. The highest BCUT2D eigenvalue weighted by Gasteiger charge is 2.08. The van der Waals surface area contributed by atoms with E-state index in [1.54, 1.807) is 0 Å². The van der Waals surface area contributed by atoms with Crippen molar-refractivity contribution in [1.82, 2.24) is 15.0 Å². The van der Waals surface area contributed by atoms with Crippen LogP contribution in [0.15, 0.2) is 91.3 Å². The van der Waals surface area contributed by atoms with Gasteiger partial charge in [0.05, 0.1) is 11.2 Å². The van der Waals surface area contributed by atoms with Gasteiger partial charge >= 0.3 is 0 Å². The van der Waals surface area contributed by atoms with E-state index in [0.717, 1.165) is 44.3 Å². The molecule has 3 heteroatoms. The van der Waals surface area contributed by atoms with Crippen molar-refractivity contribution in [3.8, 4) is 22.6 Å². The highest BCUT2D eigenvalue weighted by atomic mass is 14.9. The third-order valence-corrected chi connectivity index (χ3v) is 4.56. The maximum Gasteiger partial charge on any atom is 0.159 e. The molecule has 26 heavy (non-hydrogen) atoms. The fraction of sp³-hybridized carbons (Fsp3) is 0. The minimum absolute atomic E-state index is 0.749. The Bertz CT molecular complexity index is 1220. The number of hydrogen-bond donors (Lipinski definition) is 0. The summed E-state index contributed by atoms with van der Waals surface area (Å²) in [6.07, 6.45) is 3.72. The number of fused-ring (bicyclic) bond motifs is 3. The second-order valence-corrected chi connectivity index (χ2v) is 6.21. The molecule has 0 spiro atoms. The molecule has 3 nitrogen and oxygen atoms in total. The average Bonchev–Trinajstić information content (AvgIpc) is 2.74. The Labute approximate surface area is 151 Å². The van der Waals surface area contributed by atoms with E-state index in [1.165, 1.54) is 0 Å². The van der Waals surface area contributed by atoms with Crippen LogP contribution in [0, 0.1) is 0 Å². The van der Waals surface area contributed by atoms with Crippen molar-refractivity contribution in [2.75, 3.05) is 0 Å². The molecule has 122 valence electrons. The lowest BCUT2D eigenvalue weighted by molar-refractivity contribution is 1.23. The first-order valence-electron chi connectivity index (χ1n) is 8.55. The molecular weight excluding hydrogens is 318 g/mol. The van der Waals surface area contributed by atoms with Crippen LogP contribution >= 0.6 is 0 Å². The Morgan fingerprint density at radius 2 is 1.46 bits per heavy atom. The maximum absolute atomic E-state index is 4.85. The highest BCUT2D eigenvalue weighted by Crippen LogP contribution is 2.29.